The summed E-state index contributed by atoms with van der Waals surface area (Å²) in [5.74, 6) is -0.301. The van der Waals surface area contributed by atoms with Gasteiger partial charge >= 0.3 is 0 Å². The van der Waals surface area contributed by atoms with Crippen LogP contribution in [0.1, 0.15) is 213 Å². The molecule has 12 N–H and O–H groups in total. The lowest BCUT2D eigenvalue weighted by Gasteiger charge is -2.48. The van der Waals surface area contributed by atoms with Crippen molar-refractivity contribution in [3.05, 3.63) is 48.6 Å². The zero-order valence-corrected chi connectivity index (χ0v) is 50.0. The Morgan fingerprint density at radius 2 is 0.829 bits per heavy atom. The lowest BCUT2D eigenvalue weighted by Crippen LogP contribution is -2.66. The third-order valence-electron chi connectivity index (χ3n) is 15.8. The van der Waals surface area contributed by atoms with Gasteiger partial charge < -0.3 is 89.9 Å². The molecule has 0 aromatic carbocycles. The van der Waals surface area contributed by atoms with Gasteiger partial charge in [-0.25, -0.2) is 0 Å². The van der Waals surface area contributed by atoms with Crippen molar-refractivity contribution in [3.8, 4) is 0 Å². The van der Waals surface area contributed by atoms with Crippen LogP contribution >= 0.6 is 0 Å². The van der Waals surface area contributed by atoms with Crippen LogP contribution in [0.15, 0.2) is 48.6 Å². The van der Waals surface area contributed by atoms with Crippen molar-refractivity contribution < 1.29 is 89.4 Å². The van der Waals surface area contributed by atoms with Gasteiger partial charge in [0.2, 0.25) is 5.91 Å². The summed E-state index contributed by atoms with van der Waals surface area (Å²) in [6.07, 6.45) is 25.3. The van der Waals surface area contributed by atoms with E-state index in [9.17, 15) is 61.0 Å². The van der Waals surface area contributed by atoms with Crippen molar-refractivity contribution >= 4 is 5.91 Å². The third kappa shape index (κ3) is 29.0. The van der Waals surface area contributed by atoms with E-state index in [4.69, 9.17) is 28.4 Å². The number of ether oxygens (including phenoxy) is 6. The molecular weight excluding hydrogens is 1060 g/mol. The first-order chi connectivity index (χ1) is 39.8. The standard InChI is InChI=1S/C63H113NO18/c1-3-5-7-9-11-13-15-17-19-20-21-22-23-24-25-26-27-28-30-32-34-36-38-40-47(68)46(64-51(69)41-39-37-35-33-31-29-18-16-14-12-10-8-6-4-2)45-77-61-57(75)54(72)59(49(43-66)79-61)82-63-58(76)55(73)60(50(44-67)80-63)81-62-56(74)53(71)52(70)48(42-65)78-62/h10,12,16,18,30,32,38,40,46-50,52-63,65-68,70-76H,3-9,11,13-15,17,19-29,31,33-37,39,41-45H2,1-2H3,(H,64,69)/b12-10-,18-16-,32-30+,40-38+. The summed E-state index contributed by atoms with van der Waals surface area (Å²) in [6.45, 7) is 1.65. The maximum absolute atomic E-state index is 13.3. The predicted molar refractivity (Wildman–Crippen MR) is 314 cm³/mol. The van der Waals surface area contributed by atoms with E-state index in [1.54, 1.807) is 6.08 Å². The Morgan fingerprint density at radius 3 is 1.33 bits per heavy atom. The highest BCUT2D eigenvalue weighted by atomic mass is 16.8. The number of amides is 1. The van der Waals surface area contributed by atoms with Gasteiger partial charge in [0.05, 0.1) is 38.6 Å². The first kappa shape index (κ1) is 74.0. The molecule has 0 spiro atoms. The molecule has 0 aromatic heterocycles. The maximum Gasteiger partial charge on any atom is 0.220 e. The molecule has 19 nitrogen and oxygen atoms in total. The number of unbranched alkanes of at least 4 members (excludes halogenated alkanes) is 25. The number of hydrogen-bond donors (Lipinski definition) is 12. The number of carbonyl (C=O) groups excluding carboxylic acids is 1. The summed E-state index contributed by atoms with van der Waals surface area (Å²) in [7, 11) is 0. The Hall–Kier alpha value is -2.25. The molecule has 0 bridgehead atoms. The highest BCUT2D eigenvalue weighted by molar-refractivity contribution is 5.76. The van der Waals surface area contributed by atoms with Crippen LogP contribution in [0.2, 0.25) is 0 Å². The fourth-order valence-corrected chi connectivity index (χ4v) is 10.6. The second kappa shape index (κ2) is 46.0. The van der Waals surface area contributed by atoms with E-state index in [2.05, 4.69) is 55.6 Å². The van der Waals surface area contributed by atoms with Crippen molar-refractivity contribution in [2.75, 3.05) is 26.4 Å². The summed E-state index contributed by atoms with van der Waals surface area (Å²) in [5.41, 5.74) is 0. The largest absolute Gasteiger partial charge is 0.394 e. The number of carbonyl (C=O) groups is 1. The number of rotatable bonds is 47. The molecule has 0 saturated carbocycles. The van der Waals surface area contributed by atoms with Gasteiger partial charge in [0.15, 0.2) is 18.9 Å². The molecule has 17 unspecified atom stereocenters. The summed E-state index contributed by atoms with van der Waals surface area (Å²) < 4.78 is 34.2. The predicted octanol–water partition coefficient (Wildman–Crippen LogP) is 6.65. The van der Waals surface area contributed by atoms with E-state index >= 15 is 0 Å². The highest BCUT2D eigenvalue weighted by Crippen LogP contribution is 2.33. The van der Waals surface area contributed by atoms with Crippen molar-refractivity contribution in [1.29, 1.82) is 0 Å². The smallest absolute Gasteiger partial charge is 0.220 e. The van der Waals surface area contributed by atoms with Crippen LogP contribution in [0.3, 0.4) is 0 Å². The molecule has 478 valence electrons. The van der Waals surface area contributed by atoms with E-state index in [0.717, 1.165) is 64.2 Å². The van der Waals surface area contributed by atoms with Crippen LogP contribution in [0.4, 0.5) is 0 Å². The van der Waals surface area contributed by atoms with Gasteiger partial charge in [0.1, 0.15) is 73.2 Å². The molecule has 3 aliphatic heterocycles. The molecule has 3 saturated heterocycles. The normalized spacial score (nSPS) is 29.9. The Kier molecular flexibility index (Phi) is 41.5. The van der Waals surface area contributed by atoms with Crippen LogP contribution in [0.25, 0.3) is 0 Å². The molecule has 17 atom stereocenters. The van der Waals surface area contributed by atoms with Crippen LogP contribution < -0.4 is 5.32 Å². The topological polar surface area (TPSA) is 307 Å². The molecule has 0 radical (unpaired) electrons. The summed E-state index contributed by atoms with van der Waals surface area (Å²) in [4.78, 5) is 13.3. The molecular formula is C63H113NO18. The quantitative estimate of drug-likeness (QED) is 0.0224. The van der Waals surface area contributed by atoms with E-state index in [-0.39, 0.29) is 18.9 Å². The van der Waals surface area contributed by atoms with Gasteiger partial charge in [0.25, 0.3) is 0 Å². The monoisotopic (exact) mass is 1170 g/mol. The molecule has 0 aromatic rings. The fourth-order valence-electron chi connectivity index (χ4n) is 10.6. The second-order valence-corrected chi connectivity index (χ2v) is 22.9. The van der Waals surface area contributed by atoms with E-state index in [1.165, 1.54) is 116 Å². The fraction of sp³-hybridized carbons (Fsp3) is 0.857. The van der Waals surface area contributed by atoms with E-state index < -0.39 is 124 Å². The van der Waals surface area contributed by atoms with Crippen molar-refractivity contribution in [2.45, 2.75) is 317 Å². The number of aliphatic hydroxyl groups excluding tert-OH is 11. The van der Waals surface area contributed by atoms with E-state index in [1.807, 2.05) is 6.08 Å². The van der Waals surface area contributed by atoms with Crippen molar-refractivity contribution in [3.63, 3.8) is 0 Å². The Balaban J connectivity index is 1.49. The Morgan fingerprint density at radius 1 is 0.439 bits per heavy atom. The number of hydrogen-bond acceptors (Lipinski definition) is 18. The van der Waals surface area contributed by atoms with Gasteiger partial charge in [-0.3, -0.25) is 4.79 Å². The minimum Gasteiger partial charge on any atom is -0.394 e. The maximum atomic E-state index is 13.3. The molecule has 82 heavy (non-hydrogen) atoms. The molecule has 0 aliphatic carbocycles. The first-order valence-electron chi connectivity index (χ1n) is 31.9. The zero-order valence-electron chi connectivity index (χ0n) is 50.0. The molecule has 3 aliphatic rings. The number of nitrogens with one attached hydrogen (secondary N) is 1. The van der Waals surface area contributed by atoms with Crippen LogP contribution in [-0.2, 0) is 33.2 Å². The lowest BCUT2D eigenvalue weighted by molar-refractivity contribution is -0.379. The Bertz CT molecular complexity index is 1680. The number of allylic oxidation sites excluding steroid dienone is 7. The van der Waals surface area contributed by atoms with E-state index in [0.29, 0.717) is 12.8 Å². The second-order valence-electron chi connectivity index (χ2n) is 22.9. The van der Waals surface area contributed by atoms with Gasteiger partial charge in [-0.15, -0.1) is 0 Å². The number of aliphatic hydroxyl groups is 11. The molecule has 3 heterocycles. The minimum atomic E-state index is -1.98. The van der Waals surface area contributed by atoms with Crippen LogP contribution in [-0.4, -0.2) is 193 Å². The zero-order chi connectivity index (χ0) is 59.7. The van der Waals surface area contributed by atoms with Crippen molar-refractivity contribution in [2.24, 2.45) is 0 Å². The molecule has 1 amide bonds. The highest BCUT2D eigenvalue weighted by Gasteiger charge is 2.53. The average Bonchev–Trinajstić information content (AvgIpc) is 3.21. The SMILES string of the molecule is CCCC/C=C\C/C=C\CCCCCCCC(=O)NC(COC1OC(CO)C(OC2OC(CO)C(OC3OC(CO)C(O)C(O)C3O)C(O)C2O)C(O)C1O)C(O)/C=C/CC/C=C/CCCCCCCCCCCCCCCCCCC. The first-order valence-corrected chi connectivity index (χ1v) is 31.9. The summed E-state index contributed by atoms with van der Waals surface area (Å²) in [6, 6.07) is -0.998. The molecule has 3 fully saturated rings. The lowest BCUT2D eigenvalue weighted by atomic mass is 9.96. The van der Waals surface area contributed by atoms with Crippen molar-refractivity contribution in [1.82, 2.24) is 5.32 Å². The minimum absolute atomic E-state index is 0.218. The summed E-state index contributed by atoms with van der Waals surface area (Å²) in [5, 5.41) is 120. The van der Waals surface area contributed by atoms with Gasteiger partial charge in [0, 0.05) is 6.42 Å². The Labute approximate surface area is 491 Å². The third-order valence-corrected chi connectivity index (χ3v) is 15.8. The van der Waals surface area contributed by atoms with Gasteiger partial charge in [-0.1, -0.05) is 197 Å². The molecule has 19 heteroatoms. The summed E-state index contributed by atoms with van der Waals surface area (Å²) >= 11 is 0. The van der Waals surface area contributed by atoms with Crippen LogP contribution in [0, 0.1) is 0 Å². The molecule has 3 rings (SSSR count). The van der Waals surface area contributed by atoms with Gasteiger partial charge in [-0.05, 0) is 57.8 Å². The van der Waals surface area contributed by atoms with Crippen LogP contribution in [0.5, 0.6) is 0 Å². The van der Waals surface area contributed by atoms with Gasteiger partial charge in [-0.2, -0.15) is 0 Å². The average molecular weight is 1170 g/mol.